The number of nitrogens with one attached hydrogen (secondary N) is 2. The standard InChI is InChI=1S/C17H13Cl2N3O3S/c1-10-15(21-16(20-10)11-5-4-6-12(18)9-11)17(23)22-26(24,25)14-8-3-2-7-13(14)19/h2-9H,1H3,(H,20,21)(H,22,23). The largest absolute Gasteiger partial charge is 0.341 e. The topological polar surface area (TPSA) is 91.9 Å². The lowest BCUT2D eigenvalue weighted by atomic mass is 10.2. The van der Waals surface area contributed by atoms with Crippen molar-refractivity contribution in [3.8, 4) is 11.4 Å². The Labute approximate surface area is 160 Å². The Morgan fingerprint density at radius 2 is 1.85 bits per heavy atom. The molecule has 1 aromatic heterocycles. The number of hydrogen-bond donors (Lipinski definition) is 2. The predicted octanol–water partition coefficient (Wildman–Crippen LogP) is 3.81. The van der Waals surface area contributed by atoms with E-state index in [1.807, 2.05) is 4.72 Å². The van der Waals surface area contributed by atoms with Gasteiger partial charge in [0.1, 0.15) is 10.7 Å². The molecule has 2 aromatic carbocycles. The van der Waals surface area contributed by atoms with Gasteiger partial charge >= 0.3 is 0 Å². The van der Waals surface area contributed by atoms with E-state index in [1.54, 1.807) is 37.3 Å². The zero-order chi connectivity index (χ0) is 18.9. The van der Waals surface area contributed by atoms with Crippen molar-refractivity contribution < 1.29 is 13.2 Å². The van der Waals surface area contributed by atoms with Crippen molar-refractivity contribution in [2.45, 2.75) is 11.8 Å². The zero-order valence-electron chi connectivity index (χ0n) is 13.5. The lowest BCUT2D eigenvalue weighted by molar-refractivity contribution is 0.0976. The van der Waals surface area contributed by atoms with Crippen LogP contribution in [0.3, 0.4) is 0 Å². The van der Waals surface area contributed by atoms with Crippen LogP contribution in [0.4, 0.5) is 0 Å². The van der Waals surface area contributed by atoms with Gasteiger partial charge in [-0.25, -0.2) is 18.1 Å². The van der Waals surface area contributed by atoms with Crippen LogP contribution in [0.1, 0.15) is 16.2 Å². The summed E-state index contributed by atoms with van der Waals surface area (Å²) < 4.78 is 26.8. The molecule has 0 spiro atoms. The molecule has 1 heterocycles. The minimum absolute atomic E-state index is 0.0196. The Balaban J connectivity index is 1.90. The summed E-state index contributed by atoms with van der Waals surface area (Å²) in [6.45, 7) is 1.62. The van der Waals surface area contributed by atoms with Crippen molar-refractivity contribution in [1.29, 1.82) is 0 Å². The van der Waals surface area contributed by atoms with Crippen LogP contribution in [0.2, 0.25) is 10.0 Å². The number of rotatable bonds is 4. The number of carbonyl (C=O) groups is 1. The summed E-state index contributed by atoms with van der Waals surface area (Å²) in [4.78, 5) is 19.4. The number of aryl methyl sites for hydroxylation is 1. The first-order chi connectivity index (χ1) is 12.3. The van der Waals surface area contributed by atoms with Gasteiger partial charge in [-0.3, -0.25) is 4.79 Å². The average Bonchev–Trinajstić information content (AvgIpc) is 2.97. The van der Waals surface area contributed by atoms with E-state index in [1.165, 1.54) is 18.2 Å². The molecule has 0 fully saturated rings. The molecule has 0 aliphatic rings. The second-order valence-electron chi connectivity index (χ2n) is 5.43. The highest BCUT2D eigenvalue weighted by molar-refractivity contribution is 7.90. The molecule has 0 unspecified atom stereocenters. The number of hydrogen-bond acceptors (Lipinski definition) is 4. The van der Waals surface area contributed by atoms with Crippen molar-refractivity contribution >= 4 is 39.1 Å². The summed E-state index contributed by atoms with van der Waals surface area (Å²) >= 11 is 11.9. The zero-order valence-corrected chi connectivity index (χ0v) is 15.8. The highest BCUT2D eigenvalue weighted by atomic mass is 35.5. The summed E-state index contributed by atoms with van der Waals surface area (Å²) in [6.07, 6.45) is 0. The van der Waals surface area contributed by atoms with Gasteiger partial charge < -0.3 is 4.98 Å². The lowest BCUT2D eigenvalue weighted by Crippen LogP contribution is -2.31. The number of carbonyl (C=O) groups excluding carboxylic acids is 1. The third kappa shape index (κ3) is 3.75. The second kappa shape index (κ2) is 7.11. The van der Waals surface area contributed by atoms with Gasteiger partial charge in [-0.15, -0.1) is 0 Å². The molecule has 0 aliphatic heterocycles. The monoisotopic (exact) mass is 409 g/mol. The highest BCUT2D eigenvalue weighted by Crippen LogP contribution is 2.23. The van der Waals surface area contributed by atoms with Gasteiger partial charge in [-0.1, -0.05) is 47.5 Å². The molecule has 0 atom stereocenters. The molecule has 134 valence electrons. The Morgan fingerprint density at radius 3 is 2.54 bits per heavy atom. The average molecular weight is 410 g/mol. The van der Waals surface area contributed by atoms with Gasteiger partial charge in [0.2, 0.25) is 0 Å². The maximum absolute atomic E-state index is 12.4. The summed E-state index contributed by atoms with van der Waals surface area (Å²) in [5.41, 5.74) is 1.07. The quantitative estimate of drug-likeness (QED) is 0.684. The number of H-pyrrole nitrogens is 1. The van der Waals surface area contributed by atoms with E-state index < -0.39 is 15.9 Å². The number of aromatic amines is 1. The molecule has 0 aliphatic carbocycles. The van der Waals surface area contributed by atoms with Crippen LogP contribution in [0.25, 0.3) is 11.4 Å². The maximum Gasteiger partial charge on any atom is 0.285 e. The molecule has 1 amide bonds. The van der Waals surface area contributed by atoms with E-state index >= 15 is 0 Å². The van der Waals surface area contributed by atoms with Gasteiger partial charge in [-0.2, -0.15) is 0 Å². The number of imidazole rings is 1. The number of halogens is 2. The summed E-state index contributed by atoms with van der Waals surface area (Å²) in [5.74, 6) is -0.447. The molecule has 26 heavy (non-hydrogen) atoms. The summed E-state index contributed by atoms with van der Waals surface area (Å²) in [5, 5.41) is 0.537. The van der Waals surface area contributed by atoms with Gasteiger partial charge in [0, 0.05) is 16.3 Å². The Hall–Kier alpha value is -2.35. The molecule has 9 heteroatoms. The number of sulfonamides is 1. The van der Waals surface area contributed by atoms with Crippen LogP contribution < -0.4 is 4.72 Å². The molecule has 0 bridgehead atoms. The van der Waals surface area contributed by atoms with Gasteiger partial charge in [0.25, 0.3) is 15.9 Å². The third-order valence-corrected chi connectivity index (χ3v) is 5.62. The third-order valence-electron chi connectivity index (χ3n) is 3.55. The Bertz CT molecular complexity index is 1090. The van der Waals surface area contributed by atoms with Crippen molar-refractivity contribution in [3.63, 3.8) is 0 Å². The van der Waals surface area contributed by atoms with Gasteiger partial charge in [-0.05, 0) is 31.2 Å². The minimum Gasteiger partial charge on any atom is -0.341 e. The first kappa shape index (κ1) is 18.4. The van der Waals surface area contributed by atoms with E-state index in [4.69, 9.17) is 23.2 Å². The molecule has 6 nitrogen and oxygen atoms in total. The van der Waals surface area contributed by atoms with Gasteiger partial charge in [0.05, 0.1) is 5.02 Å². The molecule has 0 saturated heterocycles. The van der Waals surface area contributed by atoms with Crippen LogP contribution in [-0.4, -0.2) is 24.3 Å². The molecular weight excluding hydrogens is 397 g/mol. The van der Waals surface area contributed by atoms with Crippen molar-refractivity contribution in [2.24, 2.45) is 0 Å². The molecule has 0 radical (unpaired) electrons. The Kier molecular flexibility index (Phi) is 5.04. The smallest absolute Gasteiger partial charge is 0.285 e. The van der Waals surface area contributed by atoms with E-state index in [2.05, 4.69) is 9.97 Å². The Morgan fingerprint density at radius 1 is 1.12 bits per heavy atom. The van der Waals surface area contributed by atoms with Crippen molar-refractivity contribution in [2.75, 3.05) is 0 Å². The molecule has 3 aromatic rings. The highest BCUT2D eigenvalue weighted by Gasteiger charge is 2.24. The van der Waals surface area contributed by atoms with Crippen LogP contribution in [0.5, 0.6) is 0 Å². The summed E-state index contributed by atoms with van der Waals surface area (Å²) in [7, 11) is -4.12. The fraction of sp³-hybridized carbons (Fsp3) is 0.0588. The maximum atomic E-state index is 12.4. The normalized spacial score (nSPS) is 11.3. The van der Waals surface area contributed by atoms with Crippen LogP contribution in [0, 0.1) is 6.92 Å². The number of nitrogens with zero attached hydrogens (tertiary/aromatic N) is 1. The van der Waals surface area contributed by atoms with Gasteiger partial charge in [0.15, 0.2) is 5.69 Å². The fourth-order valence-corrected chi connectivity index (χ4v) is 4.01. The van der Waals surface area contributed by atoms with Crippen molar-refractivity contribution in [3.05, 3.63) is 70.0 Å². The number of benzene rings is 2. The minimum atomic E-state index is -4.12. The van der Waals surface area contributed by atoms with Crippen LogP contribution in [0.15, 0.2) is 53.4 Å². The molecule has 0 saturated carbocycles. The summed E-state index contributed by atoms with van der Waals surface area (Å²) in [6, 6.07) is 12.8. The second-order valence-corrected chi connectivity index (χ2v) is 7.93. The lowest BCUT2D eigenvalue weighted by Gasteiger charge is -2.07. The van der Waals surface area contributed by atoms with Crippen molar-refractivity contribution in [1.82, 2.24) is 14.7 Å². The van der Waals surface area contributed by atoms with Crippen LogP contribution in [-0.2, 0) is 10.0 Å². The van der Waals surface area contributed by atoms with Crippen LogP contribution >= 0.6 is 23.2 Å². The SMILES string of the molecule is Cc1[nH]c(-c2cccc(Cl)c2)nc1C(=O)NS(=O)(=O)c1ccccc1Cl. The number of aromatic nitrogens is 2. The number of amides is 1. The predicted molar refractivity (Wildman–Crippen MR) is 99.9 cm³/mol. The van der Waals surface area contributed by atoms with E-state index in [9.17, 15) is 13.2 Å². The van der Waals surface area contributed by atoms with E-state index in [0.29, 0.717) is 22.1 Å². The van der Waals surface area contributed by atoms with E-state index in [0.717, 1.165) is 0 Å². The fourth-order valence-electron chi connectivity index (χ4n) is 2.34. The van der Waals surface area contributed by atoms with E-state index in [-0.39, 0.29) is 15.6 Å². The first-order valence-corrected chi connectivity index (χ1v) is 9.66. The molecule has 2 N–H and O–H groups in total. The molecular formula is C17H13Cl2N3O3S. The first-order valence-electron chi connectivity index (χ1n) is 7.42. The molecule has 3 rings (SSSR count).